The summed E-state index contributed by atoms with van der Waals surface area (Å²) in [5.41, 5.74) is 0. The van der Waals surface area contributed by atoms with Crippen molar-refractivity contribution in [1.29, 1.82) is 0 Å². The van der Waals surface area contributed by atoms with E-state index < -0.39 is 11.9 Å². The average Bonchev–Trinajstić information content (AvgIpc) is 3.05. The van der Waals surface area contributed by atoms with Crippen LogP contribution < -0.4 is 0 Å². The van der Waals surface area contributed by atoms with Crippen molar-refractivity contribution in [3.8, 4) is 0 Å². The molecule has 0 aromatic carbocycles. The van der Waals surface area contributed by atoms with E-state index in [-0.39, 0.29) is 11.8 Å². The van der Waals surface area contributed by atoms with Crippen LogP contribution in [-0.4, -0.2) is 60.0 Å². The van der Waals surface area contributed by atoms with E-state index in [0.717, 1.165) is 32.5 Å². The number of hydrogen-bond donors (Lipinski definition) is 1. The van der Waals surface area contributed by atoms with Gasteiger partial charge in [-0.05, 0) is 38.8 Å². The van der Waals surface area contributed by atoms with Crippen LogP contribution in [0.15, 0.2) is 0 Å². The first-order valence-electron chi connectivity index (χ1n) is 7.29. The molecule has 0 spiro atoms. The van der Waals surface area contributed by atoms with Crippen molar-refractivity contribution in [3.05, 3.63) is 0 Å². The summed E-state index contributed by atoms with van der Waals surface area (Å²) in [6.45, 7) is 3.88. The van der Waals surface area contributed by atoms with E-state index in [0.29, 0.717) is 13.0 Å². The van der Waals surface area contributed by atoms with Crippen LogP contribution in [0.1, 0.15) is 32.1 Å². The Kier molecular flexibility index (Phi) is 4.80. The summed E-state index contributed by atoms with van der Waals surface area (Å²) in [4.78, 5) is 27.5. The van der Waals surface area contributed by atoms with Gasteiger partial charge in [-0.1, -0.05) is 6.42 Å². The first-order chi connectivity index (χ1) is 9.09. The van der Waals surface area contributed by atoms with Crippen molar-refractivity contribution in [2.75, 3.05) is 33.2 Å². The molecular weight excluding hydrogens is 244 g/mol. The van der Waals surface area contributed by atoms with Crippen LogP contribution in [0.2, 0.25) is 0 Å². The monoisotopic (exact) mass is 268 g/mol. The zero-order chi connectivity index (χ0) is 13.8. The van der Waals surface area contributed by atoms with Gasteiger partial charge in [0.05, 0.1) is 11.8 Å². The predicted octanol–water partition coefficient (Wildman–Crippen LogP) is 1.04. The first-order valence-corrected chi connectivity index (χ1v) is 7.29. The zero-order valence-corrected chi connectivity index (χ0v) is 11.7. The Morgan fingerprint density at radius 1 is 1.16 bits per heavy atom. The van der Waals surface area contributed by atoms with Crippen LogP contribution in [0.4, 0.5) is 0 Å². The van der Waals surface area contributed by atoms with Gasteiger partial charge in [-0.15, -0.1) is 0 Å². The number of carboxylic acid groups (broad SMARTS) is 1. The fourth-order valence-electron chi connectivity index (χ4n) is 3.24. The number of rotatable bonds is 5. The number of carbonyl (C=O) groups excluding carboxylic acids is 1. The second-order valence-corrected chi connectivity index (χ2v) is 5.79. The highest BCUT2D eigenvalue weighted by atomic mass is 16.4. The molecule has 2 aliphatic rings. The van der Waals surface area contributed by atoms with E-state index in [4.69, 9.17) is 5.11 Å². The maximum Gasteiger partial charge on any atom is 0.307 e. The summed E-state index contributed by atoms with van der Waals surface area (Å²) in [6, 6.07) is 0. The van der Waals surface area contributed by atoms with Crippen LogP contribution >= 0.6 is 0 Å². The van der Waals surface area contributed by atoms with E-state index in [2.05, 4.69) is 4.90 Å². The maximum absolute atomic E-state index is 12.3. The summed E-state index contributed by atoms with van der Waals surface area (Å²) in [5, 5.41) is 9.14. The molecule has 0 bridgehead atoms. The van der Waals surface area contributed by atoms with Crippen molar-refractivity contribution in [1.82, 2.24) is 9.80 Å². The van der Waals surface area contributed by atoms with Crippen molar-refractivity contribution in [3.63, 3.8) is 0 Å². The lowest BCUT2D eigenvalue weighted by Crippen LogP contribution is -2.40. The second kappa shape index (κ2) is 6.37. The highest BCUT2D eigenvalue weighted by molar-refractivity contribution is 5.85. The first kappa shape index (κ1) is 14.3. The SMILES string of the molecule is CN(CCN1CCCC1)C(=O)C1CCCC1C(=O)O. The third-order valence-electron chi connectivity index (χ3n) is 4.48. The number of likely N-dealkylation sites (N-methyl/N-ethyl adjacent to an activating group) is 1. The minimum absolute atomic E-state index is 0.0177. The molecule has 0 radical (unpaired) electrons. The minimum atomic E-state index is -0.816. The van der Waals surface area contributed by atoms with Gasteiger partial charge in [0.25, 0.3) is 0 Å². The number of amides is 1. The topological polar surface area (TPSA) is 60.9 Å². The van der Waals surface area contributed by atoms with E-state index in [1.807, 2.05) is 0 Å². The van der Waals surface area contributed by atoms with Gasteiger partial charge in [0.1, 0.15) is 0 Å². The van der Waals surface area contributed by atoms with Gasteiger partial charge in [-0.3, -0.25) is 9.59 Å². The summed E-state index contributed by atoms with van der Waals surface area (Å²) < 4.78 is 0. The Hall–Kier alpha value is -1.10. The normalized spacial score (nSPS) is 27.6. The summed E-state index contributed by atoms with van der Waals surface area (Å²) in [7, 11) is 1.80. The Morgan fingerprint density at radius 3 is 2.42 bits per heavy atom. The molecule has 1 saturated heterocycles. The van der Waals surface area contributed by atoms with E-state index in [9.17, 15) is 9.59 Å². The molecule has 1 saturated carbocycles. The van der Waals surface area contributed by atoms with E-state index >= 15 is 0 Å². The molecule has 5 heteroatoms. The maximum atomic E-state index is 12.3. The third-order valence-corrected chi connectivity index (χ3v) is 4.48. The van der Waals surface area contributed by atoms with Gasteiger partial charge in [0, 0.05) is 20.1 Å². The molecule has 0 aromatic rings. The zero-order valence-electron chi connectivity index (χ0n) is 11.7. The van der Waals surface area contributed by atoms with Crippen molar-refractivity contribution < 1.29 is 14.7 Å². The highest BCUT2D eigenvalue weighted by Crippen LogP contribution is 2.33. The number of aliphatic carboxylic acids is 1. The lowest BCUT2D eigenvalue weighted by molar-refractivity contribution is -0.148. The van der Waals surface area contributed by atoms with Crippen molar-refractivity contribution >= 4 is 11.9 Å². The summed E-state index contributed by atoms with van der Waals surface area (Å²) >= 11 is 0. The fourth-order valence-corrected chi connectivity index (χ4v) is 3.24. The molecule has 108 valence electrons. The van der Waals surface area contributed by atoms with Crippen LogP contribution in [0, 0.1) is 11.8 Å². The molecule has 2 unspecified atom stereocenters. The number of hydrogen-bond acceptors (Lipinski definition) is 3. The summed E-state index contributed by atoms with van der Waals surface area (Å²) in [6.07, 6.45) is 4.73. The number of carboxylic acids is 1. The van der Waals surface area contributed by atoms with Crippen LogP contribution in [0.5, 0.6) is 0 Å². The Balaban J connectivity index is 1.82. The molecule has 19 heavy (non-hydrogen) atoms. The molecule has 2 atom stereocenters. The average molecular weight is 268 g/mol. The quantitative estimate of drug-likeness (QED) is 0.809. The predicted molar refractivity (Wildman–Crippen MR) is 71.8 cm³/mol. The Morgan fingerprint density at radius 2 is 1.79 bits per heavy atom. The van der Waals surface area contributed by atoms with Gasteiger partial charge < -0.3 is 14.9 Å². The van der Waals surface area contributed by atoms with E-state index in [1.165, 1.54) is 12.8 Å². The number of nitrogens with zero attached hydrogens (tertiary/aromatic N) is 2. The minimum Gasteiger partial charge on any atom is -0.481 e. The van der Waals surface area contributed by atoms with Gasteiger partial charge in [-0.25, -0.2) is 0 Å². The molecule has 0 aromatic heterocycles. The summed E-state index contributed by atoms with van der Waals surface area (Å²) in [5.74, 6) is -1.57. The molecule has 1 amide bonds. The molecule has 5 nitrogen and oxygen atoms in total. The molecule has 1 aliphatic carbocycles. The highest BCUT2D eigenvalue weighted by Gasteiger charge is 2.38. The number of likely N-dealkylation sites (tertiary alicyclic amines) is 1. The molecular formula is C14H24N2O3. The van der Waals surface area contributed by atoms with Crippen LogP contribution in [0.3, 0.4) is 0 Å². The molecule has 1 aliphatic heterocycles. The molecule has 2 rings (SSSR count). The Bertz CT molecular complexity index is 340. The third kappa shape index (κ3) is 3.47. The fraction of sp³-hybridized carbons (Fsp3) is 0.857. The van der Waals surface area contributed by atoms with Crippen LogP contribution in [0.25, 0.3) is 0 Å². The van der Waals surface area contributed by atoms with E-state index in [1.54, 1.807) is 11.9 Å². The van der Waals surface area contributed by atoms with Crippen molar-refractivity contribution in [2.45, 2.75) is 32.1 Å². The van der Waals surface area contributed by atoms with Gasteiger partial charge >= 0.3 is 5.97 Å². The van der Waals surface area contributed by atoms with Gasteiger partial charge in [0.15, 0.2) is 0 Å². The molecule has 2 fully saturated rings. The second-order valence-electron chi connectivity index (χ2n) is 5.79. The number of carbonyl (C=O) groups is 2. The smallest absolute Gasteiger partial charge is 0.307 e. The molecule has 1 N–H and O–H groups in total. The lowest BCUT2D eigenvalue weighted by atomic mass is 9.95. The largest absolute Gasteiger partial charge is 0.481 e. The lowest BCUT2D eigenvalue weighted by Gasteiger charge is -2.25. The van der Waals surface area contributed by atoms with Gasteiger partial charge in [-0.2, -0.15) is 0 Å². The van der Waals surface area contributed by atoms with Crippen molar-refractivity contribution in [2.24, 2.45) is 11.8 Å². The molecule has 1 heterocycles. The Labute approximate surface area is 114 Å². The van der Waals surface area contributed by atoms with Gasteiger partial charge in [0.2, 0.25) is 5.91 Å². The van der Waals surface area contributed by atoms with Crippen LogP contribution in [-0.2, 0) is 9.59 Å². The standard InChI is InChI=1S/C14H24N2O3/c1-15(9-10-16-7-2-3-8-16)13(17)11-5-4-6-12(11)14(18)19/h11-12H,2-10H2,1H3,(H,18,19).